The normalized spacial score (nSPS) is 20.8. The van der Waals surface area contributed by atoms with Gasteiger partial charge in [-0.3, -0.25) is 10.1 Å². The molecule has 2 atom stereocenters. The quantitative estimate of drug-likeness (QED) is 0.683. The van der Waals surface area contributed by atoms with E-state index in [1.807, 2.05) is 11.8 Å². The lowest BCUT2D eigenvalue weighted by Crippen LogP contribution is -2.37. The molecule has 20 heavy (non-hydrogen) atoms. The summed E-state index contributed by atoms with van der Waals surface area (Å²) in [6.07, 6.45) is 0.379. The lowest BCUT2D eigenvalue weighted by atomic mass is 10.1. The number of rotatable bonds is 4. The van der Waals surface area contributed by atoms with Crippen molar-refractivity contribution in [2.45, 2.75) is 31.6 Å². The van der Waals surface area contributed by atoms with Crippen LogP contribution in [0.15, 0.2) is 18.2 Å². The first kappa shape index (κ1) is 15.1. The Morgan fingerprint density at radius 2 is 2.35 bits per heavy atom. The van der Waals surface area contributed by atoms with Crippen molar-refractivity contribution in [3.63, 3.8) is 0 Å². The van der Waals surface area contributed by atoms with Gasteiger partial charge in [0, 0.05) is 30.2 Å². The highest BCUT2D eigenvalue weighted by atomic mass is 32.2. The molecule has 1 aliphatic heterocycles. The van der Waals surface area contributed by atoms with Crippen LogP contribution in [0.3, 0.4) is 0 Å². The SMILES string of the molecule is CCC1CN(c2ccc([C@H](C)O)cc2[N+](=O)[O-])CCS1. The fourth-order valence-corrected chi connectivity index (χ4v) is 3.58. The molecule has 0 radical (unpaired) electrons. The van der Waals surface area contributed by atoms with Crippen LogP contribution in [-0.2, 0) is 0 Å². The number of nitrogens with zero attached hydrogens (tertiary/aromatic N) is 2. The molecule has 0 saturated carbocycles. The minimum Gasteiger partial charge on any atom is -0.389 e. The van der Waals surface area contributed by atoms with Gasteiger partial charge in [-0.2, -0.15) is 11.8 Å². The van der Waals surface area contributed by atoms with Crippen LogP contribution in [0, 0.1) is 10.1 Å². The molecule has 1 heterocycles. The number of anilines is 1. The molecule has 0 aromatic heterocycles. The number of thioether (sulfide) groups is 1. The van der Waals surface area contributed by atoms with E-state index in [0.717, 1.165) is 25.3 Å². The molecule has 1 saturated heterocycles. The molecule has 1 unspecified atom stereocenters. The van der Waals surface area contributed by atoms with Crippen molar-refractivity contribution in [2.75, 3.05) is 23.7 Å². The van der Waals surface area contributed by atoms with E-state index in [2.05, 4.69) is 11.8 Å². The van der Waals surface area contributed by atoms with Crippen molar-refractivity contribution < 1.29 is 10.0 Å². The first-order valence-electron chi connectivity index (χ1n) is 6.86. The molecule has 1 N–H and O–H groups in total. The van der Waals surface area contributed by atoms with Gasteiger partial charge in [-0.1, -0.05) is 13.0 Å². The molecule has 0 aliphatic carbocycles. The van der Waals surface area contributed by atoms with E-state index < -0.39 is 6.10 Å². The van der Waals surface area contributed by atoms with Gasteiger partial charge in [-0.25, -0.2) is 0 Å². The molecule has 6 heteroatoms. The summed E-state index contributed by atoms with van der Waals surface area (Å²) in [6, 6.07) is 5.03. The molecular formula is C14H20N2O3S. The minimum atomic E-state index is -0.692. The third kappa shape index (κ3) is 3.24. The van der Waals surface area contributed by atoms with Gasteiger partial charge >= 0.3 is 0 Å². The fourth-order valence-electron chi connectivity index (χ4n) is 2.40. The number of hydrogen-bond donors (Lipinski definition) is 1. The predicted molar refractivity (Wildman–Crippen MR) is 82.5 cm³/mol. The fraction of sp³-hybridized carbons (Fsp3) is 0.571. The second kappa shape index (κ2) is 6.45. The molecule has 1 aromatic carbocycles. The van der Waals surface area contributed by atoms with Crippen LogP contribution in [0.1, 0.15) is 31.9 Å². The second-order valence-electron chi connectivity index (χ2n) is 5.03. The van der Waals surface area contributed by atoms with Gasteiger partial charge in [0.2, 0.25) is 0 Å². The molecule has 110 valence electrons. The van der Waals surface area contributed by atoms with Gasteiger partial charge in [0.05, 0.1) is 11.0 Å². The summed E-state index contributed by atoms with van der Waals surface area (Å²) in [5.74, 6) is 0.994. The number of aliphatic hydroxyl groups is 1. The number of nitro benzene ring substituents is 1. The maximum absolute atomic E-state index is 11.3. The highest BCUT2D eigenvalue weighted by Crippen LogP contribution is 2.34. The predicted octanol–water partition coefficient (Wildman–Crippen LogP) is 2.98. The zero-order valence-corrected chi connectivity index (χ0v) is 12.6. The molecule has 5 nitrogen and oxygen atoms in total. The summed E-state index contributed by atoms with van der Waals surface area (Å²) in [5, 5.41) is 21.4. The summed E-state index contributed by atoms with van der Waals surface area (Å²) >= 11 is 1.93. The van der Waals surface area contributed by atoms with Crippen LogP contribution in [-0.4, -0.2) is 34.1 Å². The van der Waals surface area contributed by atoms with Crippen molar-refractivity contribution >= 4 is 23.1 Å². The van der Waals surface area contributed by atoms with Gasteiger partial charge < -0.3 is 10.0 Å². The molecular weight excluding hydrogens is 276 g/mol. The Balaban J connectivity index is 2.32. The van der Waals surface area contributed by atoms with E-state index in [1.165, 1.54) is 6.07 Å². The van der Waals surface area contributed by atoms with Crippen LogP contribution >= 0.6 is 11.8 Å². The van der Waals surface area contributed by atoms with Crippen LogP contribution in [0.2, 0.25) is 0 Å². The molecule has 1 fully saturated rings. The summed E-state index contributed by atoms with van der Waals surface area (Å²) in [7, 11) is 0. The standard InChI is InChI=1S/C14H20N2O3S/c1-3-12-9-15(6-7-20-12)13-5-4-11(10(2)17)8-14(13)16(18)19/h4-5,8,10,12,17H,3,6-7,9H2,1-2H3/t10-,12?/m0/s1. The monoisotopic (exact) mass is 296 g/mol. The second-order valence-corrected chi connectivity index (χ2v) is 6.44. The lowest BCUT2D eigenvalue weighted by molar-refractivity contribution is -0.384. The summed E-state index contributed by atoms with van der Waals surface area (Å²) in [4.78, 5) is 13.0. The molecule has 0 spiro atoms. The maximum atomic E-state index is 11.3. The molecule has 2 rings (SSSR count). The van der Waals surface area contributed by atoms with Crippen molar-refractivity contribution in [1.82, 2.24) is 0 Å². The number of aliphatic hydroxyl groups excluding tert-OH is 1. The molecule has 1 aromatic rings. The smallest absolute Gasteiger partial charge is 0.292 e. The zero-order valence-electron chi connectivity index (χ0n) is 11.8. The van der Waals surface area contributed by atoms with Gasteiger partial charge in [0.1, 0.15) is 5.69 Å². The van der Waals surface area contributed by atoms with Gasteiger partial charge in [0.15, 0.2) is 0 Å². The summed E-state index contributed by atoms with van der Waals surface area (Å²) in [5.41, 5.74) is 1.34. The Kier molecular flexibility index (Phi) is 4.88. The maximum Gasteiger partial charge on any atom is 0.292 e. The van der Waals surface area contributed by atoms with Crippen molar-refractivity contribution in [2.24, 2.45) is 0 Å². The van der Waals surface area contributed by atoms with E-state index in [0.29, 0.717) is 16.5 Å². The largest absolute Gasteiger partial charge is 0.389 e. The third-order valence-corrected chi connectivity index (χ3v) is 4.99. The highest BCUT2D eigenvalue weighted by Gasteiger charge is 2.25. The average molecular weight is 296 g/mol. The molecule has 0 amide bonds. The lowest BCUT2D eigenvalue weighted by Gasteiger charge is -2.33. The first-order valence-corrected chi connectivity index (χ1v) is 7.90. The molecule has 0 bridgehead atoms. The van der Waals surface area contributed by atoms with Crippen molar-refractivity contribution in [1.29, 1.82) is 0 Å². The average Bonchev–Trinajstić information content (AvgIpc) is 2.46. The van der Waals surface area contributed by atoms with E-state index in [9.17, 15) is 15.2 Å². The Morgan fingerprint density at radius 3 is 2.95 bits per heavy atom. The summed E-state index contributed by atoms with van der Waals surface area (Å²) < 4.78 is 0. The number of nitro groups is 1. The van der Waals surface area contributed by atoms with E-state index in [4.69, 9.17) is 0 Å². The Labute approximate surface area is 123 Å². The molecule has 1 aliphatic rings. The van der Waals surface area contributed by atoms with Crippen LogP contribution in [0.25, 0.3) is 0 Å². The number of hydrogen-bond acceptors (Lipinski definition) is 5. The van der Waals surface area contributed by atoms with Crippen LogP contribution < -0.4 is 4.90 Å². The van der Waals surface area contributed by atoms with Crippen molar-refractivity contribution in [3.8, 4) is 0 Å². The third-order valence-electron chi connectivity index (χ3n) is 3.61. The topological polar surface area (TPSA) is 66.6 Å². The van der Waals surface area contributed by atoms with Gasteiger partial charge in [0.25, 0.3) is 5.69 Å². The van der Waals surface area contributed by atoms with E-state index >= 15 is 0 Å². The van der Waals surface area contributed by atoms with Crippen LogP contribution in [0.5, 0.6) is 0 Å². The van der Waals surface area contributed by atoms with Crippen LogP contribution in [0.4, 0.5) is 11.4 Å². The number of benzene rings is 1. The first-order chi connectivity index (χ1) is 9.52. The Bertz CT molecular complexity index is 493. The Hall–Kier alpha value is -1.27. The minimum absolute atomic E-state index is 0.0881. The zero-order chi connectivity index (χ0) is 14.7. The van der Waals surface area contributed by atoms with E-state index in [1.54, 1.807) is 19.1 Å². The van der Waals surface area contributed by atoms with E-state index in [-0.39, 0.29) is 10.6 Å². The van der Waals surface area contributed by atoms with Gasteiger partial charge in [-0.05, 0) is 25.0 Å². The van der Waals surface area contributed by atoms with Gasteiger partial charge in [-0.15, -0.1) is 0 Å². The van der Waals surface area contributed by atoms with Crippen molar-refractivity contribution in [3.05, 3.63) is 33.9 Å². The Morgan fingerprint density at radius 1 is 1.60 bits per heavy atom. The highest BCUT2D eigenvalue weighted by molar-refractivity contribution is 8.00. The summed E-state index contributed by atoms with van der Waals surface area (Å²) in [6.45, 7) is 5.43.